The second-order valence-electron chi connectivity index (χ2n) is 11.3. The fourth-order valence-corrected chi connectivity index (χ4v) is 4.28. The molecule has 0 saturated heterocycles. The topological polar surface area (TPSA) is 153 Å². The average Bonchev–Trinajstić information content (AvgIpc) is 3.19. The molecule has 0 unspecified atom stereocenters. The van der Waals surface area contributed by atoms with E-state index in [0.717, 1.165) is 12.2 Å². The lowest BCUT2D eigenvalue weighted by atomic mass is 10.1. The first kappa shape index (κ1) is 41.7. The van der Waals surface area contributed by atoms with Gasteiger partial charge in [0.05, 0.1) is 37.6 Å². The van der Waals surface area contributed by atoms with E-state index in [1.54, 1.807) is 67.6 Å². The highest BCUT2D eigenvalue weighted by atomic mass is 16.5. The number of hydrogen-bond acceptors (Lipinski definition) is 11. The van der Waals surface area contributed by atoms with Gasteiger partial charge < -0.3 is 33.7 Å². The van der Waals surface area contributed by atoms with Crippen LogP contribution in [-0.4, -0.2) is 56.2 Å². The van der Waals surface area contributed by atoms with Crippen LogP contribution >= 0.6 is 0 Å². The summed E-state index contributed by atoms with van der Waals surface area (Å²) in [4.78, 5) is 60.2. The Morgan fingerprint density at radius 3 is 1.48 bits per heavy atom. The molecule has 0 saturated carbocycles. The molecule has 282 valence electrons. The number of benzene rings is 3. The van der Waals surface area contributed by atoms with Gasteiger partial charge in [-0.05, 0) is 124 Å². The highest BCUT2D eigenvalue weighted by molar-refractivity contribution is 6.04. The van der Waals surface area contributed by atoms with Gasteiger partial charge in [-0.25, -0.2) is 19.2 Å². The number of nitrogens with one attached hydrogen (secondary N) is 1. The van der Waals surface area contributed by atoms with E-state index in [1.807, 2.05) is 0 Å². The summed E-state index contributed by atoms with van der Waals surface area (Å²) in [5.41, 5.74) is 1.43. The molecule has 0 spiro atoms. The summed E-state index contributed by atoms with van der Waals surface area (Å²) in [6.45, 7) is 13.3. The lowest BCUT2D eigenvalue weighted by Crippen LogP contribution is -2.12. The fraction of sp³-hybridized carbons (Fsp3) is 0.214. The molecule has 0 aliphatic carbocycles. The summed E-state index contributed by atoms with van der Waals surface area (Å²) in [5, 5.41) is 2.78. The van der Waals surface area contributed by atoms with Crippen LogP contribution in [0.4, 0.5) is 5.69 Å². The molecule has 0 bridgehead atoms. The molecule has 0 aliphatic rings. The number of hydrogen-bond donors (Lipinski definition) is 1. The van der Waals surface area contributed by atoms with Crippen LogP contribution in [0.2, 0.25) is 0 Å². The van der Waals surface area contributed by atoms with Crippen LogP contribution in [0.3, 0.4) is 0 Å². The van der Waals surface area contributed by atoms with Gasteiger partial charge in [0.15, 0.2) is 0 Å². The van der Waals surface area contributed by atoms with Crippen molar-refractivity contribution < 1.29 is 52.4 Å². The zero-order valence-corrected chi connectivity index (χ0v) is 30.1. The monoisotopic (exact) mass is 737 g/mol. The Hall–Kier alpha value is -6.69. The van der Waals surface area contributed by atoms with Gasteiger partial charge >= 0.3 is 23.9 Å². The van der Waals surface area contributed by atoms with Crippen LogP contribution < -0.4 is 14.8 Å². The number of carbonyl (C=O) groups is 5. The van der Waals surface area contributed by atoms with Crippen LogP contribution in [0.1, 0.15) is 63.7 Å². The van der Waals surface area contributed by atoms with E-state index in [9.17, 15) is 24.0 Å². The second kappa shape index (κ2) is 23.0. The lowest BCUT2D eigenvalue weighted by molar-refractivity contribution is -0.138. The Labute approximate surface area is 314 Å². The van der Waals surface area contributed by atoms with Crippen molar-refractivity contribution in [1.29, 1.82) is 0 Å². The molecule has 0 atom stereocenters. The van der Waals surface area contributed by atoms with Crippen LogP contribution in [0.5, 0.6) is 11.5 Å². The average molecular weight is 738 g/mol. The lowest BCUT2D eigenvalue weighted by Gasteiger charge is -2.09. The molecule has 0 aromatic heterocycles. The van der Waals surface area contributed by atoms with Gasteiger partial charge in [-0.3, -0.25) is 4.79 Å². The minimum atomic E-state index is -0.626. The SMILES string of the molecule is C=CC(=O)OCCCCOc1ccc(C(=O)Nc2ccc(C(=O)O/C(C)=C/C=C(\C=C)OC(=O)c3ccc(OCCCCOC(=O)C=C)cc3)cc2)cc1. The number of carbonyl (C=O) groups excluding carboxylic acids is 5. The number of anilines is 1. The standard InChI is InChI=1S/C42H43NO11/c1-5-35(54-42(48)33-17-24-37(25-18-33)50-27-9-11-29-52-39(45)7-3)21-12-30(4)53-41(47)32-13-19-34(20-14-32)43-40(46)31-15-22-36(23-16-31)49-26-8-10-28-51-38(44)6-2/h5-7,12-25H,1-3,8-11,26-29H2,4H3,(H,43,46)/b30-12+,35-21+. The van der Waals surface area contributed by atoms with Gasteiger partial charge in [0.1, 0.15) is 23.0 Å². The zero-order valence-electron chi connectivity index (χ0n) is 30.1. The third kappa shape index (κ3) is 15.3. The number of rotatable bonds is 22. The van der Waals surface area contributed by atoms with Crippen molar-refractivity contribution in [2.75, 3.05) is 31.7 Å². The first-order chi connectivity index (χ1) is 26.1. The summed E-state index contributed by atoms with van der Waals surface area (Å²) in [6, 6.07) is 19.3. The molecular formula is C42H43NO11. The fourth-order valence-electron chi connectivity index (χ4n) is 4.28. The molecule has 0 heterocycles. The molecule has 0 aliphatic heterocycles. The van der Waals surface area contributed by atoms with Crippen molar-refractivity contribution >= 4 is 35.5 Å². The summed E-state index contributed by atoms with van der Waals surface area (Å²) in [6.07, 6.45) is 9.14. The van der Waals surface area contributed by atoms with Crippen molar-refractivity contribution in [2.45, 2.75) is 32.6 Å². The number of unbranched alkanes of at least 4 members (excludes halogenated alkanes) is 2. The molecule has 0 radical (unpaired) electrons. The van der Waals surface area contributed by atoms with E-state index >= 15 is 0 Å². The molecule has 3 rings (SSSR count). The first-order valence-electron chi connectivity index (χ1n) is 17.0. The van der Waals surface area contributed by atoms with E-state index in [2.05, 4.69) is 25.1 Å². The maximum absolute atomic E-state index is 12.7. The van der Waals surface area contributed by atoms with Crippen LogP contribution in [0.15, 0.2) is 134 Å². The molecule has 3 aromatic carbocycles. The molecule has 1 amide bonds. The van der Waals surface area contributed by atoms with Crippen LogP contribution in [0, 0.1) is 0 Å². The Morgan fingerprint density at radius 2 is 1.00 bits per heavy atom. The Bertz CT molecular complexity index is 1820. The molecule has 12 heteroatoms. The van der Waals surface area contributed by atoms with Gasteiger partial charge in [-0.15, -0.1) is 0 Å². The molecule has 54 heavy (non-hydrogen) atoms. The van der Waals surface area contributed by atoms with E-state index < -0.39 is 23.9 Å². The zero-order chi connectivity index (χ0) is 39.1. The van der Waals surface area contributed by atoms with E-state index in [4.69, 9.17) is 28.4 Å². The van der Waals surface area contributed by atoms with Gasteiger partial charge in [0.25, 0.3) is 5.91 Å². The van der Waals surface area contributed by atoms with Crippen molar-refractivity contribution in [1.82, 2.24) is 0 Å². The molecule has 12 nitrogen and oxygen atoms in total. The molecule has 1 N–H and O–H groups in total. The largest absolute Gasteiger partial charge is 0.494 e. The predicted molar refractivity (Wildman–Crippen MR) is 202 cm³/mol. The quantitative estimate of drug-likeness (QED) is 0.0270. The first-order valence-corrected chi connectivity index (χ1v) is 17.0. The summed E-state index contributed by atoms with van der Waals surface area (Å²) in [5.74, 6) is -0.971. The maximum atomic E-state index is 12.7. The van der Waals surface area contributed by atoms with Crippen molar-refractivity contribution in [3.8, 4) is 11.5 Å². The van der Waals surface area contributed by atoms with Crippen LogP contribution in [0.25, 0.3) is 0 Å². The third-order valence-electron chi connectivity index (χ3n) is 7.17. The predicted octanol–water partition coefficient (Wildman–Crippen LogP) is 7.70. The Morgan fingerprint density at radius 1 is 0.556 bits per heavy atom. The molecule has 0 fully saturated rings. The number of allylic oxidation sites excluding steroid dienone is 4. The summed E-state index contributed by atoms with van der Waals surface area (Å²) < 4.78 is 32.0. The van der Waals surface area contributed by atoms with Crippen molar-refractivity contribution in [3.05, 3.63) is 151 Å². The highest BCUT2D eigenvalue weighted by Crippen LogP contribution is 2.18. The smallest absolute Gasteiger partial charge is 0.343 e. The number of amides is 1. The van der Waals surface area contributed by atoms with Gasteiger partial charge in [-0.2, -0.15) is 0 Å². The van der Waals surface area contributed by atoms with Crippen molar-refractivity contribution in [3.63, 3.8) is 0 Å². The van der Waals surface area contributed by atoms with Gasteiger partial charge in [0, 0.05) is 23.4 Å². The second-order valence-corrected chi connectivity index (χ2v) is 11.3. The molecular weight excluding hydrogens is 694 g/mol. The van der Waals surface area contributed by atoms with Gasteiger partial charge in [0.2, 0.25) is 0 Å². The minimum Gasteiger partial charge on any atom is -0.494 e. The number of esters is 4. The Kier molecular flexibility index (Phi) is 17.8. The Balaban J connectivity index is 1.42. The van der Waals surface area contributed by atoms with E-state index in [-0.39, 0.29) is 35.2 Å². The summed E-state index contributed by atoms with van der Waals surface area (Å²) >= 11 is 0. The van der Waals surface area contributed by atoms with E-state index in [1.165, 1.54) is 30.4 Å². The molecule has 3 aromatic rings. The number of ether oxygens (including phenoxy) is 6. The normalized spacial score (nSPS) is 11.0. The third-order valence-corrected chi connectivity index (χ3v) is 7.17. The highest BCUT2D eigenvalue weighted by Gasteiger charge is 2.12. The van der Waals surface area contributed by atoms with E-state index in [0.29, 0.717) is 68.3 Å². The maximum Gasteiger partial charge on any atom is 0.343 e. The van der Waals surface area contributed by atoms with Crippen LogP contribution in [-0.2, 0) is 28.5 Å². The minimum absolute atomic E-state index is 0.135. The van der Waals surface area contributed by atoms with Gasteiger partial charge in [-0.1, -0.05) is 19.7 Å². The van der Waals surface area contributed by atoms with Crippen molar-refractivity contribution in [2.24, 2.45) is 0 Å². The summed E-state index contributed by atoms with van der Waals surface area (Å²) in [7, 11) is 0.